The summed E-state index contributed by atoms with van der Waals surface area (Å²) in [7, 11) is 0. The number of hydrogen-bond donors (Lipinski definition) is 1. The molecule has 0 spiro atoms. The summed E-state index contributed by atoms with van der Waals surface area (Å²) in [6.45, 7) is 2.17. The Hall–Kier alpha value is -2.36. The van der Waals surface area contributed by atoms with E-state index in [0.717, 1.165) is 48.2 Å². The van der Waals surface area contributed by atoms with Crippen molar-refractivity contribution in [3.8, 4) is 10.6 Å². The molecular weight excluding hydrogens is 476 g/mol. The Labute approximate surface area is 207 Å². The number of halogens is 1. The van der Waals surface area contributed by atoms with Crippen molar-refractivity contribution in [2.45, 2.75) is 62.6 Å². The zero-order chi connectivity index (χ0) is 23.8. The normalized spacial score (nSPS) is 25.9. The Morgan fingerprint density at radius 1 is 1.24 bits per heavy atom. The lowest BCUT2D eigenvalue weighted by atomic mass is 9.83. The summed E-state index contributed by atoms with van der Waals surface area (Å²) in [5, 5.41) is 10.7. The minimum absolute atomic E-state index is 0.0251. The van der Waals surface area contributed by atoms with Crippen molar-refractivity contribution in [3.63, 3.8) is 0 Å². The van der Waals surface area contributed by atoms with Crippen molar-refractivity contribution in [3.05, 3.63) is 34.8 Å². The minimum atomic E-state index is -0.701. The monoisotopic (exact) mass is 502 g/mol. The van der Waals surface area contributed by atoms with Gasteiger partial charge >= 0.3 is 0 Å². The molecular formula is C24H27ClN4O4S. The molecule has 10 heteroatoms. The first-order valence-electron chi connectivity index (χ1n) is 11.7. The number of aromatic nitrogens is 2. The van der Waals surface area contributed by atoms with Gasteiger partial charge in [0.1, 0.15) is 30.5 Å². The zero-order valence-corrected chi connectivity index (χ0v) is 20.5. The fourth-order valence-corrected chi connectivity index (χ4v) is 6.61. The lowest BCUT2D eigenvalue weighted by Gasteiger charge is -2.34. The number of likely N-dealkylation sites (tertiary alicyclic amines) is 1. The predicted molar refractivity (Wildman–Crippen MR) is 128 cm³/mol. The summed E-state index contributed by atoms with van der Waals surface area (Å²) in [6, 6.07) is 4.12. The molecule has 3 aliphatic rings. The van der Waals surface area contributed by atoms with Crippen molar-refractivity contribution in [1.29, 1.82) is 0 Å². The maximum absolute atomic E-state index is 13.7. The third-order valence-electron chi connectivity index (χ3n) is 7.07. The van der Waals surface area contributed by atoms with Gasteiger partial charge in [-0.1, -0.05) is 19.3 Å². The highest BCUT2D eigenvalue weighted by Crippen LogP contribution is 2.34. The first-order valence-corrected chi connectivity index (χ1v) is 13.0. The molecule has 1 unspecified atom stereocenters. The van der Waals surface area contributed by atoms with E-state index in [1.54, 1.807) is 17.2 Å². The summed E-state index contributed by atoms with van der Waals surface area (Å²) >= 11 is 7.74. The van der Waals surface area contributed by atoms with Gasteiger partial charge in [0.05, 0.1) is 15.1 Å². The Morgan fingerprint density at radius 2 is 2.03 bits per heavy atom. The van der Waals surface area contributed by atoms with Crippen LogP contribution in [0.15, 0.2) is 24.4 Å². The van der Waals surface area contributed by atoms with Crippen LogP contribution in [0.1, 0.15) is 47.3 Å². The molecule has 0 bridgehead atoms. The second-order valence-corrected chi connectivity index (χ2v) is 10.9. The summed E-state index contributed by atoms with van der Waals surface area (Å²) in [4.78, 5) is 42.4. The maximum Gasteiger partial charge on any atom is 0.262 e. The van der Waals surface area contributed by atoms with E-state index in [1.165, 1.54) is 11.3 Å². The number of ether oxygens (including phenoxy) is 1. The molecule has 1 N–H and O–H groups in total. The fraction of sp³-hybridized carbons (Fsp3) is 0.542. The standard InChI is InChI=1S/C24H27ClN4O4S/c1-13-9-10-26-28-19(13)17-7-8-18(34-17)23(31)27-20(14-5-3-2-4-6-14)24(32)29-11-15(25)22-21(29)16(30)12-33-22/h7-10,14-15,20-22H,2-6,11-12H2,1H3,(H,27,31)/t15-,20?,21+,22+/m0/s1. The Morgan fingerprint density at radius 3 is 2.79 bits per heavy atom. The van der Waals surface area contributed by atoms with Crippen LogP contribution in [0.5, 0.6) is 0 Å². The summed E-state index contributed by atoms with van der Waals surface area (Å²) in [5.74, 6) is -0.637. The third-order valence-corrected chi connectivity index (χ3v) is 8.54. The average Bonchev–Trinajstić information content (AvgIpc) is 3.56. The molecule has 34 heavy (non-hydrogen) atoms. The largest absolute Gasteiger partial charge is 0.366 e. The molecule has 1 aliphatic carbocycles. The number of thiophene rings is 1. The van der Waals surface area contributed by atoms with E-state index in [0.29, 0.717) is 4.88 Å². The van der Waals surface area contributed by atoms with E-state index in [2.05, 4.69) is 15.5 Å². The van der Waals surface area contributed by atoms with Crippen molar-refractivity contribution in [1.82, 2.24) is 20.4 Å². The van der Waals surface area contributed by atoms with Crippen molar-refractivity contribution < 1.29 is 19.1 Å². The number of fused-ring (bicyclic) bond motifs is 1. The van der Waals surface area contributed by atoms with Crippen molar-refractivity contribution >= 4 is 40.5 Å². The van der Waals surface area contributed by atoms with E-state index in [-0.39, 0.29) is 36.7 Å². The molecule has 8 nitrogen and oxygen atoms in total. The van der Waals surface area contributed by atoms with Gasteiger partial charge in [-0.05, 0) is 49.4 Å². The van der Waals surface area contributed by atoms with E-state index in [9.17, 15) is 14.4 Å². The molecule has 0 aromatic carbocycles. The van der Waals surface area contributed by atoms with E-state index in [4.69, 9.17) is 16.3 Å². The van der Waals surface area contributed by atoms with Crippen LogP contribution >= 0.6 is 22.9 Å². The van der Waals surface area contributed by atoms with E-state index in [1.807, 2.05) is 19.1 Å². The highest BCUT2D eigenvalue weighted by Gasteiger charge is 2.53. The van der Waals surface area contributed by atoms with Gasteiger partial charge in [-0.15, -0.1) is 28.0 Å². The second-order valence-electron chi connectivity index (χ2n) is 9.27. The molecule has 5 rings (SSSR count). The number of carbonyl (C=O) groups excluding carboxylic acids is 3. The lowest BCUT2D eigenvalue weighted by Crippen LogP contribution is -2.55. The second kappa shape index (κ2) is 9.71. The van der Waals surface area contributed by atoms with Crippen LogP contribution in [0.3, 0.4) is 0 Å². The first kappa shape index (κ1) is 23.4. The molecule has 3 fully saturated rings. The molecule has 4 heterocycles. The van der Waals surface area contributed by atoms with Gasteiger partial charge in [-0.3, -0.25) is 14.4 Å². The van der Waals surface area contributed by atoms with E-state index < -0.39 is 23.6 Å². The summed E-state index contributed by atoms with van der Waals surface area (Å²) in [6.07, 6.45) is 6.05. The number of nitrogens with zero attached hydrogens (tertiary/aromatic N) is 3. The Balaban J connectivity index is 1.38. The molecule has 2 saturated heterocycles. The highest BCUT2D eigenvalue weighted by molar-refractivity contribution is 7.17. The highest BCUT2D eigenvalue weighted by atomic mass is 35.5. The van der Waals surface area contributed by atoms with Gasteiger partial charge in [0.25, 0.3) is 5.91 Å². The maximum atomic E-state index is 13.7. The van der Waals surface area contributed by atoms with Gasteiger partial charge in [-0.25, -0.2) is 0 Å². The van der Waals surface area contributed by atoms with Crippen LogP contribution in [-0.4, -0.2) is 69.4 Å². The molecule has 180 valence electrons. The van der Waals surface area contributed by atoms with Gasteiger partial charge in [0.2, 0.25) is 5.91 Å². The van der Waals surface area contributed by atoms with Crippen LogP contribution in [0.4, 0.5) is 0 Å². The summed E-state index contributed by atoms with van der Waals surface area (Å²) in [5.41, 5.74) is 1.71. The average molecular weight is 503 g/mol. The Kier molecular flexibility index (Phi) is 6.68. The van der Waals surface area contributed by atoms with Crippen LogP contribution in [-0.2, 0) is 14.3 Å². The number of amides is 2. The Bertz CT molecular complexity index is 1100. The van der Waals surface area contributed by atoms with Gasteiger partial charge in [0, 0.05) is 12.7 Å². The van der Waals surface area contributed by atoms with Crippen LogP contribution in [0, 0.1) is 12.8 Å². The number of ketones is 1. The fourth-order valence-electron chi connectivity index (χ4n) is 5.29. The number of carbonyl (C=O) groups is 3. The number of rotatable bonds is 5. The number of alkyl halides is 1. The molecule has 4 atom stereocenters. The smallest absolute Gasteiger partial charge is 0.262 e. The molecule has 0 radical (unpaired) electrons. The number of aryl methyl sites for hydroxylation is 1. The molecule has 2 aromatic rings. The quantitative estimate of drug-likeness (QED) is 0.631. The van der Waals surface area contributed by atoms with E-state index >= 15 is 0 Å². The van der Waals surface area contributed by atoms with Gasteiger partial charge in [0.15, 0.2) is 5.78 Å². The predicted octanol–water partition coefficient (Wildman–Crippen LogP) is 2.98. The topological polar surface area (TPSA) is 101 Å². The SMILES string of the molecule is Cc1ccnnc1-c1ccc(C(=O)NC(C(=O)N2C[C@H](Cl)[C@H]3OCC(=O)[C@H]32)C2CCCCC2)s1. The number of nitrogens with one attached hydrogen (secondary N) is 1. The van der Waals surface area contributed by atoms with Gasteiger partial charge in [-0.2, -0.15) is 5.10 Å². The molecule has 2 aromatic heterocycles. The summed E-state index contributed by atoms with van der Waals surface area (Å²) < 4.78 is 5.54. The molecule has 2 aliphatic heterocycles. The molecule has 2 amide bonds. The van der Waals surface area contributed by atoms with Crippen molar-refractivity contribution in [2.75, 3.05) is 13.2 Å². The van der Waals surface area contributed by atoms with Crippen LogP contribution in [0.2, 0.25) is 0 Å². The number of Topliss-reactive ketones (excluding diaryl/α,β-unsaturated/α-hetero) is 1. The van der Waals surface area contributed by atoms with Gasteiger partial charge < -0.3 is 15.0 Å². The zero-order valence-electron chi connectivity index (χ0n) is 18.9. The first-order chi connectivity index (χ1) is 16.4. The third kappa shape index (κ3) is 4.36. The van der Waals surface area contributed by atoms with Crippen molar-refractivity contribution in [2.24, 2.45) is 5.92 Å². The lowest BCUT2D eigenvalue weighted by molar-refractivity contribution is -0.139. The van der Waals surface area contributed by atoms with Crippen LogP contribution < -0.4 is 5.32 Å². The van der Waals surface area contributed by atoms with Crippen LogP contribution in [0.25, 0.3) is 10.6 Å². The number of hydrogen-bond acceptors (Lipinski definition) is 7. The minimum Gasteiger partial charge on any atom is -0.366 e. The molecule has 1 saturated carbocycles.